The fourth-order valence-electron chi connectivity index (χ4n) is 2.94. The number of guanidine groups is 1. The van der Waals surface area contributed by atoms with Gasteiger partial charge in [0.25, 0.3) is 0 Å². The lowest BCUT2D eigenvalue weighted by Gasteiger charge is -2.25. The van der Waals surface area contributed by atoms with Crippen LogP contribution in [0.4, 0.5) is 0 Å². The minimum Gasteiger partial charge on any atom is -0.481 e. The highest BCUT2D eigenvalue weighted by molar-refractivity contribution is 5.95. The summed E-state index contributed by atoms with van der Waals surface area (Å²) < 4.78 is 0. The summed E-state index contributed by atoms with van der Waals surface area (Å²) in [6.45, 7) is 1.69. The van der Waals surface area contributed by atoms with Crippen LogP contribution in [0.2, 0.25) is 0 Å². The quantitative estimate of drug-likeness (QED) is 0.0470. The SMILES string of the molecule is CC(O)C(N)C(=O)NC(CC(=O)O)C(=O)NC(CCCCN)C(=O)NC(CCCN=C(N)N)C(=O)O. The summed E-state index contributed by atoms with van der Waals surface area (Å²) in [6.07, 6.45) is -0.904. The number of amides is 3. The molecule has 206 valence electrons. The molecular formula is C20H38N8O8. The van der Waals surface area contributed by atoms with E-state index < -0.39 is 66.4 Å². The average molecular weight is 519 g/mol. The van der Waals surface area contributed by atoms with Crippen LogP contribution in [0.25, 0.3) is 0 Å². The number of aliphatic imine (C=N–C) groups is 1. The van der Waals surface area contributed by atoms with Crippen LogP contribution in [-0.4, -0.2) is 94.3 Å². The second-order valence-electron chi connectivity index (χ2n) is 8.12. The van der Waals surface area contributed by atoms with Crippen molar-refractivity contribution in [3.05, 3.63) is 0 Å². The minimum absolute atomic E-state index is 0.00372. The molecule has 0 aromatic carbocycles. The predicted octanol–water partition coefficient (Wildman–Crippen LogP) is -4.11. The molecule has 16 nitrogen and oxygen atoms in total. The maximum Gasteiger partial charge on any atom is 0.326 e. The van der Waals surface area contributed by atoms with E-state index in [-0.39, 0.29) is 31.8 Å². The number of unbranched alkanes of at least 4 members (excludes halogenated alkanes) is 1. The van der Waals surface area contributed by atoms with Crippen LogP contribution >= 0.6 is 0 Å². The first-order valence-corrected chi connectivity index (χ1v) is 11.3. The molecule has 0 aromatic heterocycles. The molecule has 0 radical (unpaired) electrons. The van der Waals surface area contributed by atoms with Crippen molar-refractivity contribution in [2.75, 3.05) is 13.1 Å². The van der Waals surface area contributed by atoms with Gasteiger partial charge in [-0.05, 0) is 45.6 Å². The zero-order valence-electron chi connectivity index (χ0n) is 20.2. The van der Waals surface area contributed by atoms with Gasteiger partial charge in [0.1, 0.15) is 24.2 Å². The number of rotatable bonds is 18. The Morgan fingerprint density at radius 1 is 0.833 bits per heavy atom. The normalized spacial score (nSPS) is 14.9. The van der Waals surface area contributed by atoms with E-state index in [2.05, 4.69) is 20.9 Å². The van der Waals surface area contributed by atoms with E-state index in [1.165, 1.54) is 6.92 Å². The van der Waals surface area contributed by atoms with Crippen molar-refractivity contribution >= 4 is 35.6 Å². The molecule has 5 unspecified atom stereocenters. The van der Waals surface area contributed by atoms with Crippen molar-refractivity contribution in [2.45, 2.75) is 75.7 Å². The molecule has 3 amide bonds. The predicted molar refractivity (Wildman–Crippen MR) is 128 cm³/mol. The second kappa shape index (κ2) is 17.0. The van der Waals surface area contributed by atoms with Crippen molar-refractivity contribution in [1.29, 1.82) is 0 Å². The smallest absolute Gasteiger partial charge is 0.326 e. The van der Waals surface area contributed by atoms with Gasteiger partial charge in [-0.2, -0.15) is 0 Å². The lowest BCUT2D eigenvalue weighted by Crippen LogP contribution is -2.58. The number of hydrogen-bond donors (Lipinski definition) is 10. The lowest BCUT2D eigenvalue weighted by atomic mass is 10.1. The Morgan fingerprint density at radius 2 is 1.36 bits per heavy atom. The molecule has 16 heteroatoms. The molecule has 0 saturated carbocycles. The van der Waals surface area contributed by atoms with Crippen molar-refractivity contribution in [3.8, 4) is 0 Å². The highest BCUT2D eigenvalue weighted by Gasteiger charge is 2.31. The van der Waals surface area contributed by atoms with E-state index in [0.717, 1.165) is 0 Å². The summed E-state index contributed by atoms with van der Waals surface area (Å²) in [5.74, 6) is -5.69. The maximum absolute atomic E-state index is 12.8. The van der Waals surface area contributed by atoms with Gasteiger partial charge in [-0.3, -0.25) is 24.2 Å². The van der Waals surface area contributed by atoms with Crippen LogP contribution in [-0.2, 0) is 24.0 Å². The number of nitrogens with zero attached hydrogens (tertiary/aromatic N) is 1. The number of carboxylic acids is 2. The summed E-state index contributed by atoms with van der Waals surface area (Å²) in [6, 6.07) is -5.59. The summed E-state index contributed by atoms with van der Waals surface area (Å²) in [7, 11) is 0. The molecule has 0 bridgehead atoms. The van der Waals surface area contributed by atoms with Crippen LogP contribution in [0.15, 0.2) is 4.99 Å². The van der Waals surface area contributed by atoms with E-state index in [9.17, 15) is 34.2 Å². The third-order valence-electron chi connectivity index (χ3n) is 4.97. The Kier molecular flexibility index (Phi) is 15.4. The Hall–Kier alpha value is -3.50. The number of carboxylic acid groups (broad SMARTS) is 2. The summed E-state index contributed by atoms with van der Waals surface area (Å²) in [4.78, 5) is 64.3. The Morgan fingerprint density at radius 3 is 1.86 bits per heavy atom. The van der Waals surface area contributed by atoms with Crippen LogP contribution in [0.5, 0.6) is 0 Å². The molecule has 0 aliphatic carbocycles. The number of aliphatic carboxylic acids is 2. The first kappa shape index (κ1) is 32.5. The molecule has 0 heterocycles. The standard InChI is InChI=1S/C20H38N8O8/c1-10(29)15(22)18(34)28-13(9-14(30)31)17(33)26-11(5-2-3-7-21)16(32)27-12(19(35)36)6-4-8-25-20(23)24/h10-13,15,29H,2-9,21-22H2,1H3,(H,26,33)(H,27,32)(H,28,34)(H,30,31)(H,35,36)(H4,23,24,25). The lowest BCUT2D eigenvalue weighted by molar-refractivity contribution is -0.143. The molecule has 0 aromatic rings. The van der Waals surface area contributed by atoms with Gasteiger partial charge in [-0.1, -0.05) is 0 Å². The van der Waals surface area contributed by atoms with Crippen molar-refractivity contribution in [1.82, 2.24) is 16.0 Å². The number of nitrogens with two attached hydrogens (primary N) is 4. The first-order valence-electron chi connectivity index (χ1n) is 11.3. The topological polar surface area (TPSA) is 299 Å². The van der Waals surface area contributed by atoms with E-state index >= 15 is 0 Å². The number of aliphatic hydroxyl groups is 1. The van der Waals surface area contributed by atoms with E-state index in [1.807, 2.05) is 0 Å². The van der Waals surface area contributed by atoms with Crippen LogP contribution in [0.3, 0.4) is 0 Å². The molecule has 5 atom stereocenters. The third kappa shape index (κ3) is 13.4. The summed E-state index contributed by atoms with van der Waals surface area (Å²) in [5.41, 5.74) is 21.4. The largest absolute Gasteiger partial charge is 0.481 e. The molecule has 0 saturated heterocycles. The van der Waals surface area contributed by atoms with Crippen molar-refractivity contribution in [3.63, 3.8) is 0 Å². The zero-order chi connectivity index (χ0) is 27.8. The highest BCUT2D eigenvalue weighted by atomic mass is 16.4. The Balaban J connectivity index is 5.51. The van der Waals surface area contributed by atoms with Gasteiger partial charge in [0, 0.05) is 6.54 Å². The monoisotopic (exact) mass is 518 g/mol. The van der Waals surface area contributed by atoms with Crippen molar-refractivity contribution < 1.29 is 39.3 Å². The van der Waals surface area contributed by atoms with E-state index in [4.69, 9.17) is 28.0 Å². The highest BCUT2D eigenvalue weighted by Crippen LogP contribution is 2.06. The molecular weight excluding hydrogens is 480 g/mol. The first-order chi connectivity index (χ1) is 16.8. The number of aliphatic hydroxyl groups excluding tert-OH is 1. The maximum atomic E-state index is 12.8. The molecule has 0 rings (SSSR count). The van der Waals surface area contributed by atoms with Gasteiger partial charge < -0.3 is 54.2 Å². The molecule has 0 spiro atoms. The zero-order valence-corrected chi connectivity index (χ0v) is 20.2. The molecule has 0 fully saturated rings. The number of hydrogen-bond acceptors (Lipinski definition) is 9. The third-order valence-corrected chi connectivity index (χ3v) is 4.97. The minimum atomic E-state index is -1.61. The molecule has 36 heavy (non-hydrogen) atoms. The van der Waals surface area contributed by atoms with Gasteiger partial charge in [0.05, 0.1) is 12.5 Å². The van der Waals surface area contributed by atoms with Gasteiger partial charge >= 0.3 is 11.9 Å². The fourth-order valence-corrected chi connectivity index (χ4v) is 2.94. The summed E-state index contributed by atoms with van der Waals surface area (Å²) >= 11 is 0. The van der Waals surface area contributed by atoms with Gasteiger partial charge in [0.2, 0.25) is 17.7 Å². The fraction of sp³-hybridized carbons (Fsp3) is 0.700. The molecule has 0 aliphatic rings. The molecule has 14 N–H and O–H groups in total. The van der Waals surface area contributed by atoms with Crippen LogP contribution in [0, 0.1) is 0 Å². The van der Waals surface area contributed by atoms with Crippen LogP contribution < -0.4 is 38.9 Å². The Bertz CT molecular complexity index is 788. The summed E-state index contributed by atoms with van der Waals surface area (Å²) in [5, 5.41) is 34.9. The average Bonchev–Trinajstić information content (AvgIpc) is 2.78. The second-order valence-corrected chi connectivity index (χ2v) is 8.12. The van der Waals surface area contributed by atoms with Crippen molar-refractivity contribution in [2.24, 2.45) is 27.9 Å². The van der Waals surface area contributed by atoms with Gasteiger partial charge in [-0.15, -0.1) is 0 Å². The van der Waals surface area contributed by atoms with E-state index in [0.29, 0.717) is 19.4 Å². The number of nitrogens with one attached hydrogen (secondary N) is 3. The number of carbonyl (C=O) groups excluding carboxylic acids is 3. The van der Waals surface area contributed by atoms with Gasteiger partial charge in [-0.25, -0.2) is 4.79 Å². The van der Waals surface area contributed by atoms with Gasteiger partial charge in [0.15, 0.2) is 5.96 Å². The van der Waals surface area contributed by atoms with E-state index in [1.54, 1.807) is 0 Å². The Labute approximate surface area is 208 Å². The van der Waals surface area contributed by atoms with Crippen LogP contribution in [0.1, 0.15) is 45.4 Å². The molecule has 0 aliphatic heterocycles. The number of carbonyl (C=O) groups is 5.